The maximum atomic E-state index is 2.50. The summed E-state index contributed by atoms with van der Waals surface area (Å²) in [6.45, 7) is 4.78. The van der Waals surface area contributed by atoms with E-state index >= 15 is 0 Å². The van der Waals surface area contributed by atoms with Crippen molar-refractivity contribution >= 4 is 39.9 Å². The van der Waals surface area contributed by atoms with Crippen LogP contribution in [-0.4, -0.2) is 0 Å². The third-order valence-electron chi connectivity index (χ3n) is 10.2. The molecule has 0 amide bonds. The number of rotatable bonds is 2. The second-order valence-corrected chi connectivity index (χ2v) is 12.9. The monoisotopic (exact) mass is 563 g/mol. The molecule has 0 fully saturated rings. The summed E-state index contributed by atoms with van der Waals surface area (Å²) in [5, 5.41) is 2.67. The lowest BCUT2D eigenvalue weighted by atomic mass is 9.75. The Hall–Kier alpha value is -5.14. The molecule has 0 aromatic heterocycles. The fraction of sp³-hybridized carbons (Fsp3) is 0.116. The van der Waals surface area contributed by atoms with E-state index in [0.29, 0.717) is 5.92 Å². The minimum absolute atomic E-state index is 0.121. The van der Waals surface area contributed by atoms with Gasteiger partial charge in [-0.15, -0.1) is 0 Å². The Bertz CT molecular complexity index is 2220. The first-order valence-electron chi connectivity index (χ1n) is 15.7. The van der Waals surface area contributed by atoms with Crippen LogP contribution >= 0.6 is 0 Å². The molecule has 0 bridgehead atoms. The van der Waals surface area contributed by atoms with Crippen molar-refractivity contribution in [2.75, 3.05) is 4.90 Å². The third-order valence-corrected chi connectivity index (χ3v) is 10.2. The Morgan fingerprint density at radius 1 is 0.614 bits per heavy atom. The molecule has 4 aliphatic rings. The van der Waals surface area contributed by atoms with E-state index in [9.17, 15) is 0 Å². The first kappa shape index (κ1) is 25.4. The molecule has 1 nitrogen and oxygen atoms in total. The number of hydrogen-bond donors (Lipinski definition) is 0. The van der Waals surface area contributed by atoms with E-state index in [1.807, 2.05) is 0 Å². The molecule has 0 saturated carbocycles. The lowest BCUT2D eigenvalue weighted by Gasteiger charge is -2.32. The van der Waals surface area contributed by atoms with Crippen LogP contribution in [0.4, 0.5) is 17.1 Å². The zero-order chi connectivity index (χ0) is 29.4. The van der Waals surface area contributed by atoms with Gasteiger partial charge < -0.3 is 4.90 Å². The highest BCUT2D eigenvalue weighted by Crippen LogP contribution is 2.59. The maximum absolute atomic E-state index is 2.50. The van der Waals surface area contributed by atoms with Crippen LogP contribution in [0.1, 0.15) is 47.6 Å². The Morgan fingerprint density at radius 2 is 1.32 bits per heavy atom. The average Bonchev–Trinajstić information content (AvgIpc) is 3.22. The van der Waals surface area contributed by atoms with Gasteiger partial charge in [0.1, 0.15) is 0 Å². The van der Waals surface area contributed by atoms with Crippen molar-refractivity contribution in [3.63, 3.8) is 0 Å². The summed E-state index contributed by atoms with van der Waals surface area (Å²) in [7, 11) is 0. The first-order valence-corrected chi connectivity index (χ1v) is 15.7. The summed E-state index contributed by atoms with van der Waals surface area (Å²) >= 11 is 0. The molecular formula is C43H33N. The van der Waals surface area contributed by atoms with Gasteiger partial charge in [-0.3, -0.25) is 0 Å². The summed E-state index contributed by atoms with van der Waals surface area (Å²) in [6.07, 6.45) is 11.6. The molecule has 0 radical (unpaired) electrons. The summed E-state index contributed by atoms with van der Waals surface area (Å²) in [4.78, 5) is 2.50. The van der Waals surface area contributed by atoms with Gasteiger partial charge in [0.05, 0.1) is 11.4 Å². The van der Waals surface area contributed by atoms with E-state index in [1.54, 1.807) is 0 Å². The fourth-order valence-electron chi connectivity index (χ4n) is 8.26. The van der Waals surface area contributed by atoms with Crippen LogP contribution in [0.5, 0.6) is 0 Å². The Labute approximate surface area is 259 Å². The molecule has 210 valence electrons. The predicted molar refractivity (Wildman–Crippen MR) is 185 cm³/mol. The topological polar surface area (TPSA) is 3.24 Å². The summed E-state index contributed by atoms with van der Waals surface area (Å²) in [5.41, 5.74) is 14.4. The van der Waals surface area contributed by atoms with Crippen molar-refractivity contribution in [1.82, 2.24) is 0 Å². The van der Waals surface area contributed by atoms with Crippen LogP contribution in [0.25, 0.3) is 22.8 Å². The van der Waals surface area contributed by atoms with E-state index in [2.05, 4.69) is 170 Å². The lowest BCUT2D eigenvalue weighted by molar-refractivity contribution is 0.704. The van der Waals surface area contributed by atoms with Crippen molar-refractivity contribution in [1.29, 1.82) is 0 Å². The number of anilines is 3. The third kappa shape index (κ3) is 3.53. The van der Waals surface area contributed by atoms with Gasteiger partial charge in [0.15, 0.2) is 0 Å². The second kappa shape index (κ2) is 9.43. The first-order chi connectivity index (χ1) is 21.6. The van der Waals surface area contributed by atoms with Gasteiger partial charge in [0.25, 0.3) is 0 Å². The summed E-state index contributed by atoms with van der Waals surface area (Å²) in [6, 6.07) is 45.1. The van der Waals surface area contributed by atoms with Crippen LogP contribution in [0.3, 0.4) is 0 Å². The second-order valence-electron chi connectivity index (χ2n) is 12.9. The molecule has 0 saturated heterocycles. The number of fused-ring (bicyclic) bond motifs is 8. The number of para-hydroxylation sites is 2. The SMILES string of the molecule is CC1(C)C2=C(c3ccccc3N(c3cccc(C4C=c5ccccc5=C5C=CC=CC54)c3)c3ccccc32)c2ccccc21. The fourth-order valence-corrected chi connectivity index (χ4v) is 8.26. The molecule has 3 aliphatic carbocycles. The molecule has 2 atom stereocenters. The summed E-state index contributed by atoms with van der Waals surface area (Å²) in [5.74, 6) is 0.573. The van der Waals surface area contributed by atoms with Crippen molar-refractivity contribution < 1.29 is 0 Å². The molecule has 2 unspecified atom stereocenters. The molecule has 0 N–H and O–H groups in total. The van der Waals surface area contributed by atoms with Crippen LogP contribution in [-0.2, 0) is 5.41 Å². The highest BCUT2D eigenvalue weighted by molar-refractivity contribution is 6.14. The number of nitrogens with zero attached hydrogens (tertiary/aromatic N) is 1. The van der Waals surface area contributed by atoms with Crippen LogP contribution in [0.15, 0.2) is 146 Å². The number of hydrogen-bond acceptors (Lipinski definition) is 1. The van der Waals surface area contributed by atoms with Gasteiger partial charge in [-0.2, -0.15) is 0 Å². The molecule has 1 heterocycles. The Morgan fingerprint density at radius 3 is 2.18 bits per heavy atom. The zero-order valence-electron chi connectivity index (χ0n) is 25.0. The van der Waals surface area contributed by atoms with Crippen LogP contribution in [0, 0.1) is 5.92 Å². The Kier molecular flexibility index (Phi) is 5.44. The van der Waals surface area contributed by atoms with Gasteiger partial charge in [0.2, 0.25) is 0 Å². The van der Waals surface area contributed by atoms with Crippen molar-refractivity contribution in [3.05, 3.63) is 184 Å². The smallest absolute Gasteiger partial charge is 0.0540 e. The van der Waals surface area contributed by atoms with Gasteiger partial charge in [-0.1, -0.05) is 141 Å². The zero-order valence-corrected chi connectivity index (χ0v) is 25.0. The molecule has 1 aliphatic heterocycles. The van der Waals surface area contributed by atoms with Gasteiger partial charge >= 0.3 is 0 Å². The Balaban J connectivity index is 1.27. The standard InChI is InChI=1S/C43H33N/c1-43(2)38-23-10-7-20-34(38)41-35-21-8-11-24-39(35)44(40-25-12-9-22-36(40)42(41)43)30-16-13-15-28(26-30)37-27-29-14-3-4-17-31(29)32-18-5-6-19-33(32)37/h3-27,33,37H,1-2H3. The van der Waals surface area contributed by atoms with Gasteiger partial charge in [-0.25, -0.2) is 0 Å². The minimum Gasteiger partial charge on any atom is -0.309 e. The molecular weight excluding hydrogens is 530 g/mol. The number of allylic oxidation sites excluding steroid dienone is 5. The van der Waals surface area contributed by atoms with E-state index in [1.165, 1.54) is 72.0 Å². The quantitative estimate of drug-likeness (QED) is 0.207. The molecule has 0 spiro atoms. The van der Waals surface area contributed by atoms with E-state index in [0.717, 1.165) is 0 Å². The van der Waals surface area contributed by atoms with Crippen molar-refractivity contribution in [2.45, 2.75) is 25.2 Å². The lowest BCUT2D eigenvalue weighted by Crippen LogP contribution is -2.35. The molecule has 9 rings (SSSR count). The van der Waals surface area contributed by atoms with Crippen LogP contribution in [0.2, 0.25) is 0 Å². The number of benzene rings is 5. The summed E-state index contributed by atoms with van der Waals surface area (Å²) < 4.78 is 0. The highest BCUT2D eigenvalue weighted by Gasteiger charge is 2.42. The highest BCUT2D eigenvalue weighted by atomic mass is 15.1. The maximum Gasteiger partial charge on any atom is 0.0540 e. The molecule has 5 aromatic rings. The predicted octanol–water partition coefficient (Wildman–Crippen LogP) is 9.19. The van der Waals surface area contributed by atoms with Crippen molar-refractivity contribution in [2.24, 2.45) is 5.92 Å². The average molecular weight is 564 g/mol. The van der Waals surface area contributed by atoms with Crippen LogP contribution < -0.4 is 15.3 Å². The largest absolute Gasteiger partial charge is 0.309 e. The van der Waals surface area contributed by atoms with E-state index < -0.39 is 0 Å². The van der Waals surface area contributed by atoms with Crippen molar-refractivity contribution in [3.8, 4) is 0 Å². The molecule has 1 heteroatoms. The van der Waals surface area contributed by atoms with E-state index in [-0.39, 0.29) is 11.3 Å². The normalized spacial score (nSPS) is 20.0. The minimum atomic E-state index is -0.121. The van der Waals surface area contributed by atoms with E-state index in [4.69, 9.17) is 0 Å². The molecule has 44 heavy (non-hydrogen) atoms. The van der Waals surface area contributed by atoms with Gasteiger partial charge in [-0.05, 0) is 68.1 Å². The molecule has 5 aromatic carbocycles. The van der Waals surface area contributed by atoms with Gasteiger partial charge in [0, 0.05) is 34.1 Å².